The molecule has 2 heterocycles. The van der Waals surface area contributed by atoms with Crippen LogP contribution in [0.3, 0.4) is 0 Å². The average Bonchev–Trinajstić information content (AvgIpc) is 3.45. The zero-order valence-electron chi connectivity index (χ0n) is 25.3. The van der Waals surface area contributed by atoms with Gasteiger partial charge >= 0.3 is 0 Å². The summed E-state index contributed by atoms with van der Waals surface area (Å²) in [6, 6.07) is 18.0. The average molecular weight is 568 g/mol. The summed E-state index contributed by atoms with van der Waals surface area (Å²) in [6.45, 7) is 7.53. The van der Waals surface area contributed by atoms with Crippen molar-refractivity contribution in [1.82, 2.24) is 25.9 Å². The van der Waals surface area contributed by atoms with E-state index in [1.54, 1.807) is 0 Å². The topological polar surface area (TPSA) is 103 Å². The van der Waals surface area contributed by atoms with Crippen molar-refractivity contribution in [1.29, 1.82) is 0 Å². The Labute approximate surface area is 251 Å². The number of aromatic nitrogens is 2. The van der Waals surface area contributed by atoms with E-state index >= 15 is 0 Å². The van der Waals surface area contributed by atoms with Gasteiger partial charge in [0.1, 0.15) is 5.82 Å². The third-order valence-electron chi connectivity index (χ3n) is 8.60. The van der Waals surface area contributed by atoms with E-state index in [-0.39, 0.29) is 0 Å². The number of para-hydroxylation sites is 1. The Kier molecular flexibility index (Phi) is 11.3. The molecule has 7 heteroatoms. The summed E-state index contributed by atoms with van der Waals surface area (Å²) in [4.78, 5) is 8.11. The summed E-state index contributed by atoms with van der Waals surface area (Å²) >= 11 is 0. The predicted molar refractivity (Wildman–Crippen MR) is 177 cm³/mol. The highest BCUT2D eigenvalue weighted by atomic mass is 15.0. The molecule has 0 aliphatic heterocycles. The number of nitrogens with zero attached hydrogens (tertiary/aromatic N) is 1. The van der Waals surface area contributed by atoms with Gasteiger partial charge in [0.15, 0.2) is 0 Å². The Balaban J connectivity index is 1.03. The zero-order valence-corrected chi connectivity index (χ0v) is 25.3. The molecule has 0 bridgehead atoms. The molecular weight excluding hydrogens is 518 g/mol. The molecule has 224 valence electrons. The minimum atomic E-state index is 0.709. The van der Waals surface area contributed by atoms with Gasteiger partial charge < -0.3 is 32.0 Å². The van der Waals surface area contributed by atoms with Crippen LogP contribution in [0.2, 0.25) is 0 Å². The number of anilines is 2. The van der Waals surface area contributed by atoms with Crippen LogP contribution in [0.5, 0.6) is 0 Å². The van der Waals surface area contributed by atoms with E-state index < -0.39 is 0 Å². The number of nitrogens with one attached hydrogen (secondary N) is 5. The van der Waals surface area contributed by atoms with Crippen LogP contribution in [0.4, 0.5) is 11.5 Å². The monoisotopic (exact) mass is 567 g/mol. The smallest absolute Gasteiger partial charge is 0.131 e. The molecule has 0 radical (unpaired) electrons. The van der Waals surface area contributed by atoms with Crippen molar-refractivity contribution >= 4 is 22.4 Å². The van der Waals surface area contributed by atoms with Crippen LogP contribution < -0.4 is 27.0 Å². The van der Waals surface area contributed by atoms with Crippen LogP contribution in [0.15, 0.2) is 60.9 Å². The fraction of sp³-hybridized carbons (Fsp3) is 0.457. The Morgan fingerprint density at radius 1 is 0.857 bits per heavy atom. The first-order chi connectivity index (χ1) is 20.7. The molecule has 1 saturated carbocycles. The second-order valence-electron chi connectivity index (χ2n) is 11.7. The molecular formula is C35H49N7. The molecule has 0 atom stereocenters. The highest BCUT2D eigenvalue weighted by Crippen LogP contribution is 2.25. The number of hydrogen-bond donors (Lipinski definition) is 6. The second-order valence-corrected chi connectivity index (χ2v) is 11.7. The minimum absolute atomic E-state index is 0.709. The van der Waals surface area contributed by atoms with Gasteiger partial charge in [-0.25, -0.2) is 4.98 Å². The van der Waals surface area contributed by atoms with Gasteiger partial charge in [0, 0.05) is 65.8 Å². The molecule has 7 nitrogen and oxygen atoms in total. The van der Waals surface area contributed by atoms with Crippen molar-refractivity contribution in [3.8, 4) is 0 Å². The number of pyridine rings is 1. The largest absolute Gasteiger partial charge is 0.398 e. The summed E-state index contributed by atoms with van der Waals surface area (Å²) in [5, 5.41) is 15.7. The molecule has 1 fully saturated rings. The predicted octanol–water partition coefficient (Wildman–Crippen LogP) is 6.05. The van der Waals surface area contributed by atoms with Crippen molar-refractivity contribution in [2.75, 3.05) is 30.7 Å². The first-order valence-corrected chi connectivity index (χ1v) is 16.0. The Hall–Kier alpha value is -3.39. The number of rotatable bonds is 16. The number of nitrogens with two attached hydrogens (primary N) is 1. The lowest BCUT2D eigenvalue weighted by Crippen LogP contribution is -2.33. The lowest BCUT2D eigenvalue weighted by molar-refractivity contribution is 0.371. The Bertz CT molecular complexity index is 1370. The van der Waals surface area contributed by atoms with Gasteiger partial charge in [-0.2, -0.15) is 0 Å². The maximum Gasteiger partial charge on any atom is 0.131 e. The van der Waals surface area contributed by atoms with Gasteiger partial charge in [-0.1, -0.05) is 68.7 Å². The summed E-state index contributed by atoms with van der Waals surface area (Å²) in [5.41, 5.74) is 14.7. The van der Waals surface area contributed by atoms with Crippen molar-refractivity contribution in [3.05, 3.63) is 88.7 Å². The molecule has 0 saturated heterocycles. The molecule has 2 aromatic carbocycles. The third-order valence-corrected chi connectivity index (χ3v) is 8.60. The highest BCUT2D eigenvalue weighted by molar-refractivity contribution is 5.83. The molecule has 1 aliphatic rings. The first-order valence-electron chi connectivity index (χ1n) is 16.0. The summed E-state index contributed by atoms with van der Waals surface area (Å²) < 4.78 is 0. The Morgan fingerprint density at radius 2 is 1.62 bits per heavy atom. The van der Waals surface area contributed by atoms with E-state index in [1.165, 1.54) is 66.1 Å². The molecule has 4 aromatic rings. The second kappa shape index (κ2) is 15.7. The van der Waals surface area contributed by atoms with Gasteiger partial charge in [-0.15, -0.1) is 0 Å². The number of hydrogen-bond acceptors (Lipinski definition) is 6. The molecule has 0 unspecified atom stereocenters. The fourth-order valence-electron chi connectivity index (χ4n) is 6.07. The highest BCUT2D eigenvalue weighted by Gasteiger charge is 2.13. The number of fused-ring (bicyclic) bond motifs is 1. The van der Waals surface area contributed by atoms with E-state index in [1.807, 2.05) is 6.20 Å². The van der Waals surface area contributed by atoms with Crippen LogP contribution in [-0.4, -0.2) is 35.6 Å². The van der Waals surface area contributed by atoms with E-state index in [4.69, 9.17) is 10.7 Å². The van der Waals surface area contributed by atoms with E-state index in [9.17, 15) is 0 Å². The van der Waals surface area contributed by atoms with Crippen LogP contribution in [0, 0.1) is 0 Å². The maximum atomic E-state index is 6.61. The summed E-state index contributed by atoms with van der Waals surface area (Å²) in [5.74, 6) is 0.880. The van der Waals surface area contributed by atoms with Crippen molar-refractivity contribution in [2.45, 2.75) is 84.0 Å². The molecule has 42 heavy (non-hydrogen) atoms. The fourth-order valence-corrected chi connectivity index (χ4v) is 6.07. The normalized spacial score (nSPS) is 14.0. The van der Waals surface area contributed by atoms with Crippen LogP contribution in [0.1, 0.15) is 73.3 Å². The molecule has 2 aromatic heterocycles. The van der Waals surface area contributed by atoms with E-state index in [0.717, 1.165) is 74.2 Å². The van der Waals surface area contributed by atoms with E-state index in [0.29, 0.717) is 6.54 Å². The van der Waals surface area contributed by atoms with Crippen molar-refractivity contribution in [2.24, 2.45) is 0 Å². The molecule has 0 spiro atoms. The van der Waals surface area contributed by atoms with Crippen LogP contribution in [0.25, 0.3) is 10.9 Å². The summed E-state index contributed by atoms with van der Waals surface area (Å²) in [6.07, 6.45) is 13.9. The summed E-state index contributed by atoms with van der Waals surface area (Å²) in [7, 11) is 0. The lowest BCUT2D eigenvalue weighted by Gasteiger charge is -2.22. The quantitative estimate of drug-likeness (QED) is 0.0921. The Morgan fingerprint density at radius 3 is 2.43 bits per heavy atom. The zero-order chi connectivity index (χ0) is 29.0. The van der Waals surface area contributed by atoms with Crippen LogP contribution in [-0.2, 0) is 32.5 Å². The first kappa shape index (κ1) is 30.1. The van der Waals surface area contributed by atoms with Gasteiger partial charge in [0.05, 0.1) is 0 Å². The van der Waals surface area contributed by atoms with Gasteiger partial charge in [0.25, 0.3) is 0 Å². The lowest BCUT2D eigenvalue weighted by atomic mass is 9.95. The molecule has 5 rings (SSSR count). The SMILES string of the molecule is CCc1c(NCc2ccc(CNCCCNC3CCCCC3)cc2)ncc(CNCCc2c[nH]c3ccccc23)c1N. The van der Waals surface area contributed by atoms with Crippen LogP contribution >= 0.6 is 0 Å². The van der Waals surface area contributed by atoms with Gasteiger partial charge in [-0.3, -0.25) is 0 Å². The number of benzene rings is 2. The minimum Gasteiger partial charge on any atom is -0.398 e. The van der Waals surface area contributed by atoms with E-state index in [2.05, 4.69) is 87.9 Å². The maximum absolute atomic E-state index is 6.61. The number of H-pyrrole nitrogens is 1. The van der Waals surface area contributed by atoms with Gasteiger partial charge in [0.2, 0.25) is 0 Å². The molecule has 1 aliphatic carbocycles. The standard InChI is InChI=1S/C35H49N7/c1-2-31-34(36)29(23-38-20-17-28-24-40-33-12-7-6-11-32(28)33)25-42-35(31)41-22-27-15-13-26(14-16-27)21-37-18-8-19-39-30-9-4-3-5-10-30/h6-7,11-16,24-25,30,37-40H,2-5,8-10,17-23H2,1H3,(H3,36,41,42). The number of aromatic amines is 1. The molecule has 0 amide bonds. The van der Waals surface area contributed by atoms with Crippen molar-refractivity contribution in [3.63, 3.8) is 0 Å². The molecule has 7 N–H and O–H groups in total. The number of nitrogen functional groups attached to an aromatic ring is 1. The van der Waals surface area contributed by atoms with Gasteiger partial charge in [-0.05, 0) is 74.5 Å². The van der Waals surface area contributed by atoms with Crippen molar-refractivity contribution < 1.29 is 0 Å². The third kappa shape index (κ3) is 8.34.